The molecule has 0 aromatic rings. The standard InChI is InChI=1S/C8H16.C5H10O.C4H8O/c1-7-4-3-5-8(2)6-7;1-3-5-4(2)6-5;1-3-4(2)5-3/h7-8H,3-6H2,1-2H3;4-5H,3H2,1-2H3;3-4H,1-2H3. The number of rotatable bonds is 1. The van der Waals surface area contributed by atoms with Crippen LogP contribution < -0.4 is 0 Å². The van der Waals surface area contributed by atoms with Crippen molar-refractivity contribution in [1.29, 1.82) is 0 Å². The van der Waals surface area contributed by atoms with Gasteiger partial charge in [0, 0.05) is 0 Å². The summed E-state index contributed by atoms with van der Waals surface area (Å²) in [7, 11) is 0. The third-order valence-corrected chi connectivity index (χ3v) is 4.45. The van der Waals surface area contributed by atoms with E-state index in [9.17, 15) is 0 Å². The van der Waals surface area contributed by atoms with E-state index in [0.29, 0.717) is 24.4 Å². The second-order valence-electron chi connectivity index (χ2n) is 6.71. The van der Waals surface area contributed by atoms with Gasteiger partial charge in [0.15, 0.2) is 0 Å². The first kappa shape index (κ1) is 17.0. The van der Waals surface area contributed by atoms with Gasteiger partial charge in [-0.1, -0.05) is 40.0 Å². The molecule has 19 heavy (non-hydrogen) atoms. The highest BCUT2D eigenvalue weighted by atomic mass is 16.6. The van der Waals surface area contributed by atoms with Gasteiger partial charge in [0.1, 0.15) is 0 Å². The van der Waals surface area contributed by atoms with Crippen LogP contribution in [0.2, 0.25) is 0 Å². The van der Waals surface area contributed by atoms with Gasteiger partial charge in [0.2, 0.25) is 0 Å². The van der Waals surface area contributed by atoms with Gasteiger partial charge in [0.05, 0.1) is 24.4 Å². The lowest BCUT2D eigenvalue weighted by Gasteiger charge is -2.22. The molecule has 0 radical (unpaired) electrons. The molecule has 0 bridgehead atoms. The average Bonchev–Trinajstić information content (AvgIpc) is 3.22. The van der Waals surface area contributed by atoms with Crippen molar-refractivity contribution < 1.29 is 9.47 Å². The maximum atomic E-state index is 5.07. The van der Waals surface area contributed by atoms with Gasteiger partial charge in [0.25, 0.3) is 0 Å². The van der Waals surface area contributed by atoms with Crippen molar-refractivity contribution in [2.24, 2.45) is 11.8 Å². The summed E-state index contributed by atoms with van der Waals surface area (Å²) in [5.41, 5.74) is 0. The van der Waals surface area contributed by atoms with Crippen molar-refractivity contribution in [3.8, 4) is 0 Å². The molecule has 2 aliphatic heterocycles. The summed E-state index contributed by atoms with van der Waals surface area (Å²) < 4.78 is 9.98. The van der Waals surface area contributed by atoms with Crippen LogP contribution in [0.5, 0.6) is 0 Å². The Balaban J connectivity index is 0.000000147. The van der Waals surface area contributed by atoms with Crippen LogP contribution >= 0.6 is 0 Å². The molecule has 0 spiro atoms. The van der Waals surface area contributed by atoms with Gasteiger partial charge >= 0.3 is 0 Å². The largest absolute Gasteiger partial charge is 0.370 e. The highest BCUT2D eigenvalue weighted by molar-refractivity contribution is 4.77. The van der Waals surface area contributed by atoms with Crippen molar-refractivity contribution in [2.75, 3.05) is 0 Å². The minimum atomic E-state index is 0.551. The second kappa shape index (κ2) is 8.26. The number of ether oxygens (including phenoxy) is 2. The molecule has 3 rings (SSSR count). The molecule has 3 fully saturated rings. The lowest BCUT2D eigenvalue weighted by Crippen LogP contribution is -2.09. The zero-order chi connectivity index (χ0) is 14.4. The number of epoxide rings is 2. The molecule has 0 N–H and O–H groups in total. The zero-order valence-corrected chi connectivity index (χ0v) is 13.8. The summed E-state index contributed by atoms with van der Waals surface area (Å²) in [5, 5.41) is 0. The van der Waals surface area contributed by atoms with Crippen LogP contribution in [0.15, 0.2) is 0 Å². The summed E-state index contributed by atoms with van der Waals surface area (Å²) in [5.74, 6) is 2.03. The van der Waals surface area contributed by atoms with Crippen LogP contribution in [0.25, 0.3) is 0 Å². The highest BCUT2D eigenvalue weighted by Crippen LogP contribution is 2.27. The Bertz CT molecular complexity index is 225. The Morgan fingerprint density at radius 1 is 0.789 bits per heavy atom. The Morgan fingerprint density at radius 2 is 1.21 bits per heavy atom. The quantitative estimate of drug-likeness (QED) is 0.639. The first-order valence-electron chi connectivity index (χ1n) is 8.24. The molecule has 114 valence electrons. The smallest absolute Gasteiger partial charge is 0.0836 e. The Morgan fingerprint density at radius 3 is 1.32 bits per heavy atom. The fourth-order valence-corrected chi connectivity index (χ4v) is 2.69. The van der Waals surface area contributed by atoms with E-state index in [1.807, 2.05) is 0 Å². The van der Waals surface area contributed by atoms with Crippen molar-refractivity contribution in [2.45, 2.75) is 98.1 Å². The molecule has 6 unspecified atom stereocenters. The van der Waals surface area contributed by atoms with E-state index in [2.05, 4.69) is 41.5 Å². The van der Waals surface area contributed by atoms with Gasteiger partial charge in [-0.05, 0) is 45.4 Å². The van der Waals surface area contributed by atoms with E-state index in [1.165, 1.54) is 32.1 Å². The summed E-state index contributed by atoms with van der Waals surface area (Å²) in [6.07, 6.45) is 9.35. The lowest BCUT2D eigenvalue weighted by molar-refractivity contribution is 0.301. The normalized spacial score (nSPS) is 43.3. The lowest BCUT2D eigenvalue weighted by atomic mass is 9.84. The van der Waals surface area contributed by atoms with E-state index in [0.717, 1.165) is 11.8 Å². The maximum Gasteiger partial charge on any atom is 0.0836 e. The summed E-state index contributed by atoms with van der Waals surface area (Å²) in [6, 6.07) is 0. The van der Waals surface area contributed by atoms with Crippen LogP contribution in [-0.4, -0.2) is 24.4 Å². The molecule has 1 aliphatic carbocycles. The molecule has 1 saturated carbocycles. The molecular weight excluding hydrogens is 236 g/mol. The molecule has 0 aromatic heterocycles. The third kappa shape index (κ3) is 7.94. The fraction of sp³-hybridized carbons (Fsp3) is 1.00. The SMILES string of the molecule is CC1CCCC(C)C1.CC1OC1C.CCC1OC1C. The monoisotopic (exact) mass is 270 g/mol. The van der Waals surface area contributed by atoms with Crippen LogP contribution in [0, 0.1) is 11.8 Å². The predicted molar refractivity (Wildman–Crippen MR) is 81.4 cm³/mol. The fourth-order valence-electron chi connectivity index (χ4n) is 2.69. The first-order valence-corrected chi connectivity index (χ1v) is 8.24. The molecular formula is C17H34O2. The molecule has 0 amide bonds. The van der Waals surface area contributed by atoms with Crippen LogP contribution in [-0.2, 0) is 9.47 Å². The molecule has 2 heteroatoms. The van der Waals surface area contributed by atoms with Gasteiger partial charge in [-0.2, -0.15) is 0 Å². The zero-order valence-electron chi connectivity index (χ0n) is 13.8. The topological polar surface area (TPSA) is 25.1 Å². The van der Waals surface area contributed by atoms with Gasteiger partial charge in [-0.25, -0.2) is 0 Å². The van der Waals surface area contributed by atoms with Gasteiger partial charge < -0.3 is 9.47 Å². The van der Waals surface area contributed by atoms with E-state index in [1.54, 1.807) is 0 Å². The minimum Gasteiger partial charge on any atom is -0.370 e. The molecule has 2 heterocycles. The first-order chi connectivity index (χ1) is 8.93. The van der Waals surface area contributed by atoms with Crippen molar-refractivity contribution >= 4 is 0 Å². The van der Waals surface area contributed by atoms with E-state index < -0.39 is 0 Å². The summed E-state index contributed by atoms with van der Waals surface area (Å²) in [6.45, 7) is 13.1. The van der Waals surface area contributed by atoms with Crippen molar-refractivity contribution in [1.82, 2.24) is 0 Å². The average molecular weight is 270 g/mol. The Kier molecular flexibility index (Phi) is 7.38. The second-order valence-corrected chi connectivity index (χ2v) is 6.71. The van der Waals surface area contributed by atoms with E-state index in [4.69, 9.17) is 9.47 Å². The van der Waals surface area contributed by atoms with Gasteiger partial charge in [-0.3, -0.25) is 0 Å². The van der Waals surface area contributed by atoms with Gasteiger partial charge in [-0.15, -0.1) is 0 Å². The molecule has 2 saturated heterocycles. The predicted octanol–water partition coefficient (Wildman–Crippen LogP) is 4.81. The number of hydrogen-bond donors (Lipinski definition) is 0. The molecule has 0 aromatic carbocycles. The van der Waals surface area contributed by atoms with E-state index >= 15 is 0 Å². The number of hydrogen-bond acceptors (Lipinski definition) is 2. The van der Waals surface area contributed by atoms with Crippen molar-refractivity contribution in [3.05, 3.63) is 0 Å². The molecule has 3 aliphatic rings. The van der Waals surface area contributed by atoms with Crippen LogP contribution in [0.4, 0.5) is 0 Å². The highest BCUT2D eigenvalue weighted by Gasteiger charge is 2.31. The summed E-state index contributed by atoms with van der Waals surface area (Å²) >= 11 is 0. The van der Waals surface area contributed by atoms with Crippen molar-refractivity contribution in [3.63, 3.8) is 0 Å². The van der Waals surface area contributed by atoms with E-state index in [-0.39, 0.29) is 0 Å². The Labute approximate surface area is 120 Å². The molecule has 2 nitrogen and oxygen atoms in total. The van der Waals surface area contributed by atoms with Crippen LogP contribution in [0.1, 0.15) is 73.6 Å². The maximum absolute atomic E-state index is 5.07. The third-order valence-electron chi connectivity index (χ3n) is 4.45. The molecule has 6 atom stereocenters. The van der Waals surface area contributed by atoms with Crippen LogP contribution in [0.3, 0.4) is 0 Å². The summed E-state index contributed by atoms with van der Waals surface area (Å²) in [4.78, 5) is 0. The Hall–Kier alpha value is -0.0800. The minimum absolute atomic E-state index is 0.551.